The van der Waals surface area contributed by atoms with Crippen LogP contribution < -0.4 is 5.32 Å². The molecule has 1 aliphatic heterocycles. The number of allylic oxidation sites excluding steroid dienone is 2. The molecule has 2 aliphatic rings. The van der Waals surface area contributed by atoms with Gasteiger partial charge in [0.05, 0.1) is 11.8 Å². The van der Waals surface area contributed by atoms with Gasteiger partial charge in [0, 0.05) is 55.8 Å². The van der Waals surface area contributed by atoms with E-state index in [2.05, 4.69) is 63.0 Å². The minimum absolute atomic E-state index is 0.376. The molecular weight excluding hydrogens is 432 g/mol. The van der Waals surface area contributed by atoms with Gasteiger partial charge in [-0.3, -0.25) is 9.39 Å². The van der Waals surface area contributed by atoms with E-state index in [1.54, 1.807) is 0 Å². The Balaban J connectivity index is 1.54. The number of hydrogen-bond donors (Lipinski definition) is 1. The molecule has 6 nitrogen and oxygen atoms in total. The van der Waals surface area contributed by atoms with Crippen molar-refractivity contribution >= 4 is 17.4 Å². The fraction of sp³-hybridized carbons (Fsp3) is 0.448. The van der Waals surface area contributed by atoms with Crippen molar-refractivity contribution in [2.45, 2.75) is 52.0 Å². The summed E-state index contributed by atoms with van der Waals surface area (Å²) < 4.78 is 2.05. The number of benzene rings is 1. The highest BCUT2D eigenvalue weighted by molar-refractivity contribution is 6.08. The molecule has 5 rings (SSSR count). The molecular formula is C29H34N6. The Hall–Kier alpha value is -3.30. The third-order valence-corrected chi connectivity index (χ3v) is 7.49. The zero-order chi connectivity index (χ0) is 24.2. The quantitative estimate of drug-likeness (QED) is 0.424. The minimum Gasteiger partial charge on any atom is -0.312 e. The summed E-state index contributed by atoms with van der Waals surface area (Å²) in [6, 6.07) is 11.2. The van der Waals surface area contributed by atoms with Crippen molar-refractivity contribution in [1.29, 1.82) is 5.26 Å². The standard InChI is InChI=1S/C29H34N6/c1-3-20(14-23(8-10-30)21-4-5-21)15-26(18-31-2)29-34-27(17-28-33-12-13-35(28)29)24-7-6-22-9-11-32-19-25(22)16-24/h6-7,12-13,15-18,20-21,23,32H,3-5,8-9,11,14,19H2,1-2H3. The number of nitrogens with one attached hydrogen (secondary N) is 1. The lowest BCUT2D eigenvalue weighted by molar-refractivity contribution is 0.375. The van der Waals surface area contributed by atoms with Crippen LogP contribution in [0, 0.1) is 29.1 Å². The van der Waals surface area contributed by atoms with Gasteiger partial charge in [-0.25, -0.2) is 9.97 Å². The highest BCUT2D eigenvalue weighted by Crippen LogP contribution is 2.42. The second-order valence-corrected chi connectivity index (χ2v) is 9.90. The molecule has 2 aromatic heterocycles. The first kappa shape index (κ1) is 23.4. The van der Waals surface area contributed by atoms with E-state index < -0.39 is 0 Å². The molecule has 3 heterocycles. The van der Waals surface area contributed by atoms with Gasteiger partial charge in [-0.1, -0.05) is 25.1 Å². The monoisotopic (exact) mass is 466 g/mol. The average Bonchev–Trinajstić information content (AvgIpc) is 3.63. The molecule has 3 aromatic rings. The summed E-state index contributed by atoms with van der Waals surface area (Å²) in [7, 11) is 1.81. The SMILES string of the molecule is CCC(C=C(C=NC)c1nc(-c2ccc3c(c2)CNCC3)cc2nccn12)CC(CC#N)C1CC1. The smallest absolute Gasteiger partial charge is 0.147 e. The van der Waals surface area contributed by atoms with E-state index >= 15 is 0 Å². The van der Waals surface area contributed by atoms with Crippen molar-refractivity contribution in [3.05, 3.63) is 59.7 Å². The lowest BCUT2D eigenvalue weighted by atomic mass is 9.86. The van der Waals surface area contributed by atoms with Gasteiger partial charge in [0.15, 0.2) is 0 Å². The molecule has 2 unspecified atom stereocenters. The molecule has 0 spiro atoms. The van der Waals surface area contributed by atoms with Gasteiger partial charge >= 0.3 is 0 Å². The van der Waals surface area contributed by atoms with E-state index in [9.17, 15) is 5.26 Å². The van der Waals surface area contributed by atoms with Crippen LogP contribution in [0.3, 0.4) is 0 Å². The van der Waals surface area contributed by atoms with Crippen molar-refractivity contribution < 1.29 is 0 Å². The third kappa shape index (κ3) is 5.21. The van der Waals surface area contributed by atoms with Gasteiger partial charge in [0.1, 0.15) is 11.5 Å². The molecule has 6 heteroatoms. The second-order valence-electron chi connectivity index (χ2n) is 9.90. The highest BCUT2D eigenvalue weighted by Gasteiger charge is 2.32. The van der Waals surface area contributed by atoms with Crippen molar-refractivity contribution in [1.82, 2.24) is 19.7 Å². The number of aliphatic imine (C=N–C) groups is 1. The molecule has 0 saturated heterocycles. The number of hydrogen-bond acceptors (Lipinski definition) is 5. The lowest BCUT2D eigenvalue weighted by Gasteiger charge is -2.20. The maximum Gasteiger partial charge on any atom is 0.147 e. The summed E-state index contributed by atoms with van der Waals surface area (Å²) >= 11 is 0. The molecule has 1 N–H and O–H groups in total. The summed E-state index contributed by atoms with van der Waals surface area (Å²) in [6.45, 7) is 4.17. The molecule has 1 aromatic carbocycles. The van der Waals surface area contributed by atoms with Gasteiger partial charge in [0.2, 0.25) is 0 Å². The van der Waals surface area contributed by atoms with E-state index in [0.717, 1.165) is 66.6 Å². The Kier molecular flexibility index (Phi) is 7.06. The van der Waals surface area contributed by atoms with Crippen molar-refractivity contribution in [2.75, 3.05) is 13.6 Å². The van der Waals surface area contributed by atoms with Crippen LogP contribution >= 0.6 is 0 Å². The van der Waals surface area contributed by atoms with Crippen LogP contribution in [-0.4, -0.2) is 34.2 Å². The summed E-state index contributed by atoms with van der Waals surface area (Å²) in [6.07, 6.45) is 14.4. The Labute approximate surface area is 207 Å². The molecule has 0 radical (unpaired) electrons. The van der Waals surface area contributed by atoms with Crippen LogP contribution in [0.5, 0.6) is 0 Å². The average molecular weight is 467 g/mol. The van der Waals surface area contributed by atoms with Gasteiger partial charge in [-0.2, -0.15) is 5.26 Å². The number of aromatic nitrogens is 3. The Bertz CT molecular complexity index is 1290. The Morgan fingerprint density at radius 3 is 2.97 bits per heavy atom. The fourth-order valence-corrected chi connectivity index (χ4v) is 5.35. The molecule has 180 valence electrons. The largest absolute Gasteiger partial charge is 0.312 e. The molecule has 35 heavy (non-hydrogen) atoms. The zero-order valence-corrected chi connectivity index (χ0v) is 20.7. The molecule has 1 saturated carbocycles. The Morgan fingerprint density at radius 2 is 2.20 bits per heavy atom. The normalized spacial score (nSPS) is 17.9. The minimum atomic E-state index is 0.376. The molecule has 1 fully saturated rings. The van der Waals surface area contributed by atoms with E-state index in [1.165, 1.54) is 24.0 Å². The van der Waals surface area contributed by atoms with Gasteiger partial charge in [0.25, 0.3) is 0 Å². The highest BCUT2D eigenvalue weighted by atomic mass is 15.1. The molecule has 1 aliphatic carbocycles. The summed E-state index contributed by atoms with van der Waals surface area (Å²) in [5.41, 5.74) is 6.69. The number of nitrogens with zero attached hydrogens (tertiary/aromatic N) is 5. The van der Waals surface area contributed by atoms with Crippen molar-refractivity contribution in [2.24, 2.45) is 22.7 Å². The van der Waals surface area contributed by atoms with Crippen LogP contribution in [-0.2, 0) is 13.0 Å². The van der Waals surface area contributed by atoms with Crippen molar-refractivity contribution in [3.63, 3.8) is 0 Å². The maximum atomic E-state index is 9.34. The van der Waals surface area contributed by atoms with Crippen LogP contribution in [0.15, 0.2) is 47.7 Å². The van der Waals surface area contributed by atoms with Crippen LogP contribution in [0.4, 0.5) is 0 Å². The van der Waals surface area contributed by atoms with E-state index in [4.69, 9.17) is 4.98 Å². The van der Waals surface area contributed by atoms with E-state index in [0.29, 0.717) is 18.3 Å². The van der Waals surface area contributed by atoms with Gasteiger partial charge in [-0.15, -0.1) is 0 Å². The topological polar surface area (TPSA) is 78.4 Å². The molecule has 0 amide bonds. The van der Waals surface area contributed by atoms with Crippen molar-refractivity contribution in [3.8, 4) is 17.3 Å². The van der Waals surface area contributed by atoms with Crippen LogP contribution in [0.25, 0.3) is 22.5 Å². The predicted octanol–water partition coefficient (Wildman–Crippen LogP) is 5.48. The zero-order valence-electron chi connectivity index (χ0n) is 20.7. The number of rotatable bonds is 9. The first-order valence-electron chi connectivity index (χ1n) is 12.9. The maximum absolute atomic E-state index is 9.34. The van der Waals surface area contributed by atoms with Gasteiger partial charge < -0.3 is 5.32 Å². The third-order valence-electron chi connectivity index (χ3n) is 7.49. The van der Waals surface area contributed by atoms with E-state index in [-0.39, 0.29) is 0 Å². The summed E-state index contributed by atoms with van der Waals surface area (Å²) in [5.74, 6) is 2.44. The number of fused-ring (bicyclic) bond motifs is 2. The second kappa shape index (κ2) is 10.5. The van der Waals surface area contributed by atoms with Crippen LogP contribution in [0.2, 0.25) is 0 Å². The van der Waals surface area contributed by atoms with E-state index in [1.807, 2.05) is 25.7 Å². The fourth-order valence-electron chi connectivity index (χ4n) is 5.35. The molecule has 2 atom stereocenters. The van der Waals surface area contributed by atoms with Gasteiger partial charge in [-0.05, 0) is 73.6 Å². The van der Waals surface area contributed by atoms with Crippen LogP contribution in [0.1, 0.15) is 56.0 Å². The number of imidazole rings is 1. The lowest BCUT2D eigenvalue weighted by Crippen LogP contribution is -2.23. The first-order chi connectivity index (χ1) is 17.2. The number of nitriles is 1. The Morgan fingerprint density at radius 1 is 1.31 bits per heavy atom. The predicted molar refractivity (Wildman–Crippen MR) is 141 cm³/mol. The first-order valence-corrected chi connectivity index (χ1v) is 12.9. The summed E-state index contributed by atoms with van der Waals surface area (Å²) in [5, 5.41) is 12.8. The summed E-state index contributed by atoms with van der Waals surface area (Å²) in [4.78, 5) is 14.1. The molecule has 0 bridgehead atoms.